The van der Waals surface area contributed by atoms with Gasteiger partial charge < -0.3 is 4.74 Å². The molecule has 0 heterocycles. The lowest BCUT2D eigenvalue weighted by atomic mass is 9.88. The van der Waals surface area contributed by atoms with Gasteiger partial charge in [0.1, 0.15) is 0 Å². The van der Waals surface area contributed by atoms with E-state index in [-0.39, 0.29) is 11.2 Å². The highest BCUT2D eigenvalue weighted by molar-refractivity contribution is 6.40. The summed E-state index contributed by atoms with van der Waals surface area (Å²) in [6, 6.07) is 7.09. The summed E-state index contributed by atoms with van der Waals surface area (Å²) in [5, 5.41) is 0. The van der Waals surface area contributed by atoms with Crippen molar-refractivity contribution in [3.8, 4) is 0 Å². The highest BCUT2D eigenvalue weighted by Gasteiger charge is 2.17. The van der Waals surface area contributed by atoms with E-state index in [9.17, 15) is 14.4 Å². The number of carbonyl (C=O) groups excluding carboxylic acids is 3. The van der Waals surface area contributed by atoms with Gasteiger partial charge in [-0.2, -0.15) is 0 Å². The summed E-state index contributed by atoms with van der Waals surface area (Å²) < 4.78 is 4.39. The van der Waals surface area contributed by atoms with Crippen LogP contribution < -0.4 is 0 Å². The van der Waals surface area contributed by atoms with Crippen molar-refractivity contribution < 1.29 is 19.1 Å². The number of esters is 1. The molecule has 0 aliphatic carbocycles. The molecule has 0 radical (unpaired) electrons. The maximum atomic E-state index is 11.5. The lowest BCUT2D eigenvalue weighted by Gasteiger charge is -2.18. The smallest absolute Gasteiger partial charge is 0.379 e. The molecule has 0 aliphatic rings. The Hall–Kier alpha value is -2.23. The van der Waals surface area contributed by atoms with E-state index in [4.69, 9.17) is 0 Å². The van der Waals surface area contributed by atoms with Crippen LogP contribution in [0.4, 0.5) is 0 Å². The first-order valence-electron chi connectivity index (χ1n) is 6.95. The minimum atomic E-state index is -0.825. The minimum Gasteiger partial charge on any atom is -0.463 e. The number of ether oxygens (including phenoxy) is 1. The zero-order chi connectivity index (χ0) is 17.3. The second-order valence-corrected chi connectivity index (χ2v) is 6.07. The van der Waals surface area contributed by atoms with Crippen molar-refractivity contribution in [2.24, 2.45) is 5.41 Å². The topological polar surface area (TPSA) is 60.4 Å². The van der Waals surface area contributed by atoms with E-state index in [0.717, 1.165) is 12.0 Å². The molecule has 0 aromatic heterocycles. The van der Waals surface area contributed by atoms with Crippen LogP contribution >= 0.6 is 0 Å². The molecule has 1 aromatic carbocycles. The van der Waals surface area contributed by atoms with Gasteiger partial charge in [-0.3, -0.25) is 9.59 Å². The molecular weight excluding hydrogens is 280 g/mol. The second kappa shape index (κ2) is 8.93. The third-order valence-electron chi connectivity index (χ3n) is 2.61. The van der Waals surface area contributed by atoms with Crippen molar-refractivity contribution in [1.82, 2.24) is 0 Å². The fourth-order valence-electron chi connectivity index (χ4n) is 1.60. The van der Waals surface area contributed by atoms with Crippen LogP contribution in [0.2, 0.25) is 0 Å². The maximum absolute atomic E-state index is 11.5. The van der Waals surface area contributed by atoms with Crippen LogP contribution in [0.3, 0.4) is 0 Å². The molecule has 4 nitrogen and oxygen atoms in total. The molecule has 4 heteroatoms. The maximum Gasteiger partial charge on any atom is 0.379 e. The van der Waals surface area contributed by atoms with Gasteiger partial charge in [0.05, 0.1) is 7.11 Å². The third kappa shape index (κ3) is 8.15. The van der Waals surface area contributed by atoms with E-state index >= 15 is 0 Å². The van der Waals surface area contributed by atoms with E-state index in [2.05, 4.69) is 32.1 Å². The summed E-state index contributed by atoms with van der Waals surface area (Å²) in [4.78, 5) is 32.2. The number of ketones is 2. The summed E-state index contributed by atoms with van der Waals surface area (Å²) in [6.07, 6.45) is 2.21. The number of rotatable bonds is 4. The Labute approximate surface area is 132 Å². The van der Waals surface area contributed by atoms with E-state index in [1.54, 1.807) is 12.1 Å². The summed E-state index contributed by atoms with van der Waals surface area (Å²) >= 11 is 0. The number of Topliss-reactive ketones (excluding diaryl/α,β-unsaturated/α-hetero) is 1. The van der Waals surface area contributed by atoms with Crippen LogP contribution in [0.25, 0.3) is 0 Å². The van der Waals surface area contributed by atoms with Gasteiger partial charge in [0.2, 0.25) is 0 Å². The van der Waals surface area contributed by atoms with Gasteiger partial charge in [-0.25, -0.2) is 4.79 Å². The molecule has 0 unspecified atom stereocenters. The normalized spacial score (nSPS) is 10.0. The van der Waals surface area contributed by atoms with Gasteiger partial charge in [-0.15, -0.1) is 0 Å². The Morgan fingerprint density at radius 1 is 1.14 bits per heavy atom. The molecule has 0 saturated carbocycles. The molecular formula is C18H24O4. The SMILES string of the molecule is C=CC(C)=O.COC(=O)C(=O)c1ccc(CC(C)(C)C)cc1. The van der Waals surface area contributed by atoms with E-state index in [1.807, 2.05) is 12.1 Å². The van der Waals surface area contributed by atoms with Crippen LogP contribution in [-0.2, 0) is 20.7 Å². The molecule has 0 bridgehead atoms. The summed E-state index contributed by atoms with van der Waals surface area (Å²) in [5.74, 6) is -1.41. The highest BCUT2D eigenvalue weighted by atomic mass is 16.5. The molecule has 0 atom stereocenters. The van der Waals surface area contributed by atoms with Gasteiger partial charge in [0.15, 0.2) is 5.78 Å². The molecule has 120 valence electrons. The molecule has 0 N–H and O–H groups in total. The van der Waals surface area contributed by atoms with Crippen LogP contribution in [-0.4, -0.2) is 24.6 Å². The Kier molecular flexibility index (Phi) is 8.02. The number of carbonyl (C=O) groups is 3. The lowest BCUT2D eigenvalue weighted by molar-refractivity contribution is -0.135. The largest absolute Gasteiger partial charge is 0.463 e. The first-order chi connectivity index (χ1) is 10.1. The van der Waals surface area contributed by atoms with Crippen LogP contribution in [0.5, 0.6) is 0 Å². The fraction of sp³-hybridized carbons (Fsp3) is 0.389. The first kappa shape index (κ1) is 19.8. The number of benzene rings is 1. The Morgan fingerprint density at radius 3 is 1.91 bits per heavy atom. The minimum absolute atomic E-state index is 0.0185. The van der Waals surface area contributed by atoms with E-state index < -0.39 is 11.8 Å². The van der Waals surface area contributed by atoms with Gasteiger partial charge in [0.25, 0.3) is 5.78 Å². The van der Waals surface area contributed by atoms with Crippen LogP contribution in [0, 0.1) is 5.41 Å². The molecule has 1 aromatic rings. The third-order valence-corrected chi connectivity index (χ3v) is 2.61. The second-order valence-electron chi connectivity index (χ2n) is 6.07. The van der Waals surface area contributed by atoms with E-state index in [1.165, 1.54) is 20.1 Å². The van der Waals surface area contributed by atoms with Crippen molar-refractivity contribution in [2.75, 3.05) is 7.11 Å². The molecule has 22 heavy (non-hydrogen) atoms. The van der Waals surface area contributed by atoms with Gasteiger partial charge in [-0.05, 0) is 30.4 Å². The quantitative estimate of drug-likeness (QED) is 0.370. The lowest BCUT2D eigenvalue weighted by Crippen LogP contribution is -2.15. The highest BCUT2D eigenvalue weighted by Crippen LogP contribution is 2.20. The molecule has 0 amide bonds. The zero-order valence-electron chi connectivity index (χ0n) is 13.9. The Bertz CT molecular complexity index is 533. The van der Waals surface area contributed by atoms with Crippen molar-refractivity contribution in [2.45, 2.75) is 34.1 Å². The predicted octanol–water partition coefficient (Wildman–Crippen LogP) is 3.39. The van der Waals surface area contributed by atoms with Crippen LogP contribution in [0.15, 0.2) is 36.9 Å². The molecule has 0 saturated heterocycles. The number of methoxy groups -OCH3 is 1. The monoisotopic (exact) mass is 304 g/mol. The Balaban J connectivity index is 0.000000763. The van der Waals surface area contributed by atoms with Crippen molar-refractivity contribution >= 4 is 17.5 Å². The molecule has 0 spiro atoms. The average Bonchev–Trinajstić information content (AvgIpc) is 2.45. The van der Waals surface area contributed by atoms with Crippen LogP contribution in [0.1, 0.15) is 43.6 Å². The van der Waals surface area contributed by atoms with E-state index in [0.29, 0.717) is 5.56 Å². The molecule has 1 rings (SSSR count). The summed E-state index contributed by atoms with van der Waals surface area (Å²) in [7, 11) is 1.20. The summed E-state index contributed by atoms with van der Waals surface area (Å²) in [5.41, 5.74) is 1.72. The Morgan fingerprint density at radius 2 is 1.59 bits per heavy atom. The fourth-order valence-corrected chi connectivity index (χ4v) is 1.60. The molecule has 0 fully saturated rings. The number of hydrogen-bond donors (Lipinski definition) is 0. The van der Waals surface area contributed by atoms with Gasteiger partial charge in [-0.1, -0.05) is 51.6 Å². The standard InChI is InChI=1S/C14H18O3.C4H6O/c1-14(2,3)9-10-5-7-11(8-6-10)12(15)13(16)17-4;1-3-4(2)5/h5-8H,9H2,1-4H3;3H,1H2,2H3. The van der Waals surface area contributed by atoms with Crippen molar-refractivity contribution in [3.05, 3.63) is 48.0 Å². The first-order valence-corrected chi connectivity index (χ1v) is 6.95. The van der Waals surface area contributed by atoms with Crippen molar-refractivity contribution in [3.63, 3.8) is 0 Å². The van der Waals surface area contributed by atoms with Gasteiger partial charge >= 0.3 is 5.97 Å². The number of allylic oxidation sites excluding steroid dienone is 1. The summed E-state index contributed by atoms with van der Waals surface area (Å²) in [6.45, 7) is 11.1. The van der Waals surface area contributed by atoms with Crippen molar-refractivity contribution in [1.29, 1.82) is 0 Å². The zero-order valence-corrected chi connectivity index (χ0v) is 13.9. The molecule has 0 aliphatic heterocycles. The predicted molar refractivity (Wildman–Crippen MR) is 86.8 cm³/mol. The van der Waals surface area contributed by atoms with Gasteiger partial charge in [0, 0.05) is 5.56 Å². The number of hydrogen-bond acceptors (Lipinski definition) is 4. The average molecular weight is 304 g/mol.